The second-order valence-corrected chi connectivity index (χ2v) is 4.00. The fourth-order valence-electron chi connectivity index (χ4n) is 1.58. The van der Waals surface area contributed by atoms with Crippen LogP contribution in [0.4, 0.5) is 5.82 Å². The van der Waals surface area contributed by atoms with Gasteiger partial charge in [0.05, 0.1) is 0 Å². The van der Waals surface area contributed by atoms with Gasteiger partial charge >= 0.3 is 0 Å². The summed E-state index contributed by atoms with van der Waals surface area (Å²) in [5.74, 6) is 1.17. The van der Waals surface area contributed by atoms with Gasteiger partial charge < -0.3 is 10.6 Å². The Morgan fingerprint density at radius 1 is 1.42 bits per heavy atom. The topological polar surface area (TPSA) is 84.7 Å². The first-order valence-electron chi connectivity index (χ1n) is 5.96. The minimum absolute atomic E-state index is 0.201. The Balaban J connectivity index is 1.87. The molecule has 2 rings (SSSR count). The summed E-state index contributed by atoms with van der Waals surface area (Å²) in [4.78, 5) is 20.1. The molecule has 0 aliphatic carbocycles. The number of hydrogen-bond acceptors (Lipinski definition) is 5. The summed E-state index contributed by atoms with van der Waals surface area (Å²) in [5.41, 5.74) is 0.390. The van der Waals surface area contributed by atoms with Crippen molar-refractivity contribution in [3.63, 3.8) is 0 Å². The number of carbonyl (C=O) groups is 1. The maximum atomic E-state index is 11.9. The van der Waals surface area contributed by atoms with Crippen LogP contribution >= 0.6 is 0 Å². The molecule has 0 aliphatic heterocycles. The SMILES string of the molecule is CNc1cccc(C(=O)NCCc2ncn(C)n2)n1. The molecule has 0 radical (unpaired) electrons. The van der Waals surface area contributed by atoms with Gasteiger partial charge in [0.1, 0.15) is 17.8 Å². The van der Waals surface area contributed by atoms with E-state index < -0.39 is 0 Å². The summed E-state index contributed by atoms with van der Waals surface area (Å²) < 4.78 is 1.63. The highest BCUT2D eigenvalue weighted by atomic mass is 16.1. The van der Waals surface area contributed by atoms with Gasteiger partial charge in [-0.25, -0.2) is 9.97 Å². The van der Waals surface area contributed by atoms with E-state index in [-0.39, 0.29) is 5.91 Å². The number of rotatable bonds is 5. The first kappa shape index (κ1) is 13.0. The molecule has 100 valence electrons. The van der Waals surface area contributed by atoms with Crippen LogP contribution in [0.1, 0.15) is 16.3 Å². The number of nitrogens with zero attached hydrogens (tertiary/aromatic N) is 4. The van der Waals surface area contributed by atoms with Crippen LogP contribution in [0.15, 0.2) is 24.5 Å². The lowest BCUT2D eigenvalue weighted by atomic mass is 10.3. The molecule has 0 saturated carbocycles. The summed E-state index contributed by atoms with van der Waals surface area (Å²) >= 11 is 0. The summed E-state index contributed by atoms with van der Waals surface area (Å²) in [6.45, 7) is 0.480. The molecular formula is C12H16N6O. The van der Waals surface area contributed by atoms with Crippen LogP contribution in [-0.4, -0.2) is 39.2 Å². The number of aryl methyl sites for hydroxylation is 1. The maximum absolute atomic E-state index is 11.9. The molecule has 7 nitrogen and oxygen atoms in total. The van der Waals surface area contributed by atoms with Gasteiger partial charge in [-0.05, 0) is 12.1 Å². The van der Waals surface area contributed by atoms with Gasteiger partial charge in [-0.3, -0.25) is 9.48 Å². The second-order valence-electron chi connectivity index (χ2n) is 4.00. The molecule has 2 heterocycles. The molecule has 7 heteroatoms. The number of hydrogen-bond donors (Lipinski definition) is 2. The fourth-order valence-corrected chi connectivity index (χ4v) is 1.58. The number of pyridine rings is 1. The monoisotopic (exact) mass is 260 g/mol. The Morgan fingerprint density at radius 2 is 2.26 bits per heavy atom. The molecule has 0 aliphatic rings. The maximum Gasteiger partial charge on any atom is 0.269 e. The Kier molecular flexibility index (Phi) is 4.07. The molecule has 2 aromatic rings. The Hall–Kier alpha value is -2.44. The molecule has 0 bridgehead atoms. The highest BCUT2D eigenvalue weighted by molar-refractivity contribution is 5.92. The summed E-state index contributed by atoms with van der Waals surface area (Å²) in [6, 6.07) is 5.26. The van der Waals surface area contributed by atoms with E-state index in [2.05, 4.69) is 25.7 Å². The van der Waals surface area contributed by atoms with Gasteiger partial charge in [-0.2, -0.15) is 5.10 Å². The van der Waals surface area contributed by atoms with E-state index in [1.165, 1.54) is 0 Å². The van der Waals surface area contributed by atoms with Crippen LogP contribution in [-0.2, 0) is 13.5 Å². The average Bonchev–Trinajstić information content (AvgIpc) is 2.84. The molecule has 0 atom stereocenters. The Bertz CT molecular complexity index is 565. The number of anilines is 1. The molecule has 0 aromatic carbocycles. The van der Waals surface area contributed by atoms with Crippen molar-refractivity contribution in [3.05, 3.63) is 36.0 Å². The first-order chi connectivity index (χ1) is 9.19. The van der Waals surface area contributed by atoms with Crippen LogP contribution in [0.2, 0.25) is 0 Å². The summed E-state index contributed by atoms with van der Waals surface area (Å²) in [5, 5.41) is 9.82. The summed E-state index contributed by atoms with van der Waals surface area (Å²) in [6.07, 6.45) is 2.23. The lowest BCUT2D eigenvalue weighted by molar-refractivity contribution is 0.0949. The smallest absolute Gasteiger partial charge is 0.269 e. The van der Waals surface area contributed by atoms with Crippen LogP contribution < -0.4 is 10.6 Å². The molecule has 2 aromatic heterocycles. The zero-order chi connectivity index (χ0) is 13.7. The van der Waals surface area contributed by atoms with E-state index in [1.807, 2.05) is 7.05 Å². The fraction of sp³-hybridized carbons (Fsp3) is 0.333. The number of nitrogens with one attached hydrogen (secondary N) is 2. The van der Waals surface area contributed by atoms with Crippen molar-refractivity contribution in [2.24, 2.45) is 7.05 Å². The lowest BCUT2D eigenvalue weighted by Gasteiger charge is -2.04. The van der Waals surface area contributed by atoms with E-state index in [9.17, 15) is 4.79 Å². The van der Waals surface area contributed by atoms with Gasteiger partial charge in [0.15, 0.2) is 5.82 Å². The molecule has 0 unspecified atom stereocenters. The predicted octanol–water partition coefficient (Wildman–Crippen LogP) is 0.224. The van der Waals surface area contributed by atoms with Gasteiger partial charge in [-0.1, -0.05) is 6.07 Å². The van der Waals surface area contributed by atoms with E-state index in [0.29, 0.717) is 30.3 Å². The van der Waals surface area contributed by atoms with Crippen molar-refractivity contribution in [2.75, 3.05) is 18.9 Å². The zero-order valence-corrected chi connectivity index (χ0v) is 10.9. The minimum atomic E-state index is -0.201. The third-order valence-corrected chi connectivity index (χ3v) is 2.52. The Morgan fingerprint density at radius 3 is 2.95 bits per heavy atom. The van der Waals surface area contributed by atoms with Gasteiger partial charge in [0.2, 0.25) is 0 Å². The highest BCUT2D eigenvalue weighted by Gasteiger charge is 2.07. The van der Waals surface area contributed by atoms with Crippen LogP contribution in [0, 0.1) is 0 Å². The lowest BCUT2D eigenvalue weighted by Crippen LogP contribution is -2.27. The van der Waals surface area contributed by atoms with E-state index >= 15 is 0 Å². The van der Waals surface area contributed by atoms with E-state index in [4.69, 9.17) is 0 Å². The van der Waals surface area contributed by atoms with Crippen molar-refractivity contribution in [2.45, 2.75) is 6.42 Å². The van der Waals surface area contributed by atoms with Crippen LogP contribution in [0.5, 0.6) is 0 Å². The number of carbonyl (C=O) groups excluding carboxylic acids is 1. The van der Waals surface area contributed by atoms with Crippen LogP contribution in [0.25, 0.3) is 0 Å². The van der Waals surface area contributed by atoms with Gasteiger partial charge in [0.25, 0.3) is 5.91 Å². The summed E-state index contributed by atoms with van der Waals surface area (Å²) in [7, 11) is 3.57. The average molecular weight is 260 g/mol. The normalized spacial score (nSPS) is 10.2. The molecule has 0 spiro atoms. The molecule has 0 fully saturated rings. The van der Waals surface area contributed by atoms with Crippen molar-refractivity contribution >= 4 is 11.7 Å². The minimum Gasteiger partial charge on any atom is -0.373 e. The third kappa shape index (κ3) is 3.51. The third-order valence-electron chi connectivity index (χ3n) is 2.52. The number of amides is 1. The van der Waals surface area contributed by atoms with Gasteiger partial charge in [0, 0.05) is 27.1 Å². The van der Waals surface area contributed by atoms with Crippen molar-refractivity contribution in [3.8, 4) is 0 Å². The standard InChI is InChI=1S/C12H16N6O/c1-13-10-5-3-4-9(16-10)12(19)14-7-6-11-15-8-18(2)17-11/h3-5,8H,6-7H2,1-2H3,(H,13,16)(H,14,19). The Labute approximate surface area is 111 Å². The molecule has 2 N–H and O–H groups in total. The van der Waals surface area contributed by atoms with Gasteiger partial charge in [-0.15, -0.1) is 0 Å². The predicted molar refractivity (Wildman–Crippen MR) is 70.8 cm³/mol. The zero-order valence-electron chi connectivity index (χ0n) is 10.9. The quantitative estimate of drug-likeness (QED) is 0.803. The van der Waals surface area contributed by atoms with Crippen molar-refractivity contribution in [1.29, 1.82) is 0 Å². The molecule has 19 heavy (non-hydrogen) atoms. The van der Waals surface area contributed by atoms with Crippen molar-refractivity contribution in [1.82, 2.24) is 25.1 Å². The molecular weight excluding hydrogens is 244 g/mol. The van der Waals surface area contributed by atoms with E-state index in [1.54, 1.807) is 36.3 Å². The van der Waals surface area contributed by atoms with Crippen LogP contribution in [0.3, 0.4) is 0 Å². The molecule has 0 saturated heterocycles. The largest absolute Gasteiger partial charge is 0.373 e. The van der Waals surface area contributed by atoms with E-state index in [0.717, 1.165) is 0 Å². The highest BCUT2D eigenvalue weighted by Crippen LogP contribution is 2.03. The second kappa shape index (κ2) is 5.94. The number of aromatic nitrogens is 4. The first-order valence-corrected chi connectivity index (χ1v) is 5.96. The molecule has 1 amide bonds. The van der Waals surface area contributed by atoms with Crippen molar-refractivity contribution < 1.29 is 4.79 Å².